The molecule has 0 aliphatic carbocycles. The topological polar surface area (TPSA) is 79.7 Å². The Kier molecular flexibility index (Phi) is 6.17. The summed E-state index contributed by atoms with van der Waals surface area (Å²) >= 11 is 0. The highest BCUT2D eigenvalue weighted by atomic mass is 16.5. The molecule has 0 unspecified atom stereocenters. The number of carbonyl (C=O) groups is 1. The molecule has 0 spiro atoms. The van der Waals surface area contributed by atoms with Crippen LogP contribution in [0.15, 0.2) is 77.9 Å². The number of pyridine rings is 2. The van der Waals surface area contributed by atoms with Gasteiger partial charge in [0.25, 0.3) is 5.56 Å². The standard InChI is InChI=1S/C25H22N2O5/c1-30-22-14-19-20(15-23(22)31-2)24(28)27(18-9-4-3-5-10-18)16-21(19)25(29)32-13-11-17-8-6-7-12-26-17/h3-10,12,14-16H,11,13H2,1-2H3. The van der Waals surface area contributed by atoms with E-state index in [1.807, 2.05) is 36.4 Å². The first-order chi connectivity index (χ1) is 15.6. The van der Waals surface area contributed by atoms with Crippen LogP contribution < -0.4 is 15.0 Å². The number of nitrogens with zero attached hydrogens (tertiary/aromatic N) is 2. The van der Waals surface area contributed by atoms with Gasteiger partial charge in [-0.15, -0.1) is 0 Å². The number of hydrogen-bond donors (Lipinski definition) is 0. The van der Waals surface area contributed by atoms with Gasteiger partial charge in [0.2, 0.25) is 0 Å². The molecule has 0 aliphatic rings. The van der Waals surface area contributed by atoms with Crippen LogP contribution in [0.2, 0.25) is 0 Å². The lowest BCUT2D eigenvalue weighted by molar-refractivity contribution is 0.0510. The molecule has 4 aromatic rings. The number of rotatable bonds is 7. The first-order valence-corrected chi connectivity index (χ1v) is 10.1. The number of esters is 1. The molecule has 4 rings (SSSR count). The number of carbonyl (C=O) groups excluding carboxylic acids is 1. The van der Waals surface area contributed by atoms with Crippen molar-refractivity contribution < 1.29 is 19.0 Å². The van der Waals surface area contributed by atoms with Gasteiger partial charge in [0, 0.05) is 35.6 Å². The molecule has 0 atom stereocenters. The number of benzene rings is 2. The van der Waals surface area contributed by atoms with Crippen LogP contribution in [-0.2, 0) is 11.2 Å². The maximum absolute atomic E-state index is 13.3. The molecular weight excluding hydrogens is 408 g/mol. The molecule has 0 bridgehead atoms. The molecule has 0 fully saturated rings. The van der Waals surface area contributed by atoms with Crippen LogP contribution >= 0.6 is 0 Å². The number of fused-ring (bicyclic) bond motifs is 1. The third-order valence-corrected chi connectivity index (χ3v) is 5.09. The monoisotopic (exact) mass is 430 g/mol. The molecule has 2 aromatic heterocycles. The minimum absolute atomic E-state index is 0.162. The van der Waals surface area contributed by atoms with Crippen LogP contribution in [0.25, 0.3) is 16.5 Å². The predicted molar refractivity (Wildman–Crippen MR) is 121 cm³/mol. The minimum atomic E-state index is -0.539. The Balaban J connectivity index is 1.79. The zero-order valence-electron chi connectivity index (χ0n) is 17.8. The molecule has 0 N–H and O–H groups in total. The average Bonchev–Trinajstić information content (AvgIpc) is 2.84. The largest absolute Gasteiger partial charge is 0.493 e. The van der Waals surface area contributed by atoms with Gasteiger partial charge >= 0.3 is 5.97 Å². The summed E-state index contributed by atoms with van der Waals surface area (Å²) in [6.07, 6.45) is 3.69. The maximum atomic E-state index is 13.3. The van der Waals surface area contributed by atoms with Crippen LogP contribution in [0.5, 0.6) is 11.5 Å². The predicted octanol–water partition coefficient (Wildman–Crippen LogP) is 3.80. The first kappa shape index (κ1) is 21.1. The zero-order valence-corrected chi connectivity index (χ0v) is 17.8. The summed E-state index contributed by atoms with van der Waals surface area (Å²) < 4.78 is 17.7. The molecule has 0 saturated heterocycles. The van der Waals surface area contributed by atoms with Crippen molar-refractivity contribution >= 4 is 16.7 Å². The molecule has 162 valence electrons. The summed E-state index contributed by atoms with van der Waals surface area (Å²) in [5.41, 5.74) is 1.44. The Bertz CT molecular complexity index is 1300. The van der Waals surface area contributed by atoms with Gasteiger partial charge in [-0.3, -0.25) is 14.3 Å². The van der Waals surface area contributed by atoms with E-state index in [4.69, 9.17) is 14.2 Å². The van der Waals surface area contributed by atoms with E-state index >= 15 is 0 Å². The first-order valence-electron chi connectivity index (χ1n) is 10.1. The molecule has 7 heteroatoms. The van der Waals surface area contributed by atoms with E-state index in [2.05, 4.69) is 4.98 Å². The smallest absolute Gasteiger partial charge is 0.340 e. The van der Waals surface area contributed by atoms with Crippen molar-refractivity contribution in [2.24, 2.45) is 0 Å². The van der Waals surface area contributed by atoms with Gasteiger partial charge in [0.05, 0.1) is 31.8 Å². The number of hydrogen-bond acceptors (Lipinski definition) is 6. The average molecular weight is 430 g/mol. The number of ether oxygens (including phenoxy) is 3. The van der Waals surface area contributed by atoms with Gasteiger partial charge in [0.1, 0.15) is 0 Å². The van der Waals surface area contributed by atoms with Crippen molar-refractivity contribution in [3.8, 4) is 17.2 Å². The second-order valence-corrected chi connectivity index (χ2v) is 7.01. The van der Waals surface area contributed by atoms with E-state index in [-0.39, 0.29) is 17.7 Å². The van der Waals surface area contributed by atoms with Crippen LogP contribution in [-0.4, -0.2) is 36.3 Å². The van der Waals surface area contributed by atoms with Crippen molar-refractivity contribution in [2.45, 2.75) is 6.42 Å². The van der Waals surface area contributed by atoms with Gasteiger partial charge in [-0.2, -0.15) is 0 Å². The zero-order chi connectivity index (χ0) is 22.5. The van der Waals surface area contributed by atoms with E-state index in [1.165, 1.54) is 25.0 Å². The Morgan fingerprint density at radius 2 is 1.62 bits per heavy atom. The van der Waals surface area contributed by atoms with Crippen molar-refractivity contribution in [2.75, 3.05) is 20.8 Å². The van der Waals surface area contributed by atoms with Gasteiger partial charge in [-0.05, 0) is 36.4 Å². The second-order valence-electron chi connectivity index (χ2n) is 7.01. The summed E-state index contributed by atoms with van der Waals surface area (Å²) in [6.45, 7) is 0.162. The Hall–Kier alpha value is -4.13. The molecule has 2 aromatic carbocycles. The molecular formula is C25H22N2O5. The van der Waals surface area contributed by atoms with Crippen molar-refractivity contribution in [3.63, 3.8) is 0 Å². The molecule has 2 heterocycles. The molecule has 7 nitrogen and oxygen atoms in total. The maximum Gasteiger partial charge on any atom is 0.340 e. The summed E-state index contributed by atoms with van der Waals surface area (Å²) in [5, 5.41) is 0.758. The van der Waals surface area contributed by atoms with Gasteiger partial charge in [-0.25, -0.2) is 4.79 Å². The van der Waals surface area contributed by atoms with Crippen LogP contribution in [0, 0.1) is 0 Å². The van der Waals surface area contributed by atoms with Gasteiger partial charge in [-0.1, -0.05) is 24.3 Å². The van der Waals surface area contributed by atoms with Crippen molar-refractivity contribution in [1.29, 1.82) is 0 Å². The highest BCUT2D eigenvalue weighted by Gasteiger charge is 2.20. The number of para-hydroxylation sites is 1. The number of aromatic nitrogens is 2. The second kappa shape index (κ2) is 9.34. The Labute approximate surface area is 184 Å². The molecule has 0 aliphatic heterocycles. The molecule has 0 amide bonds. The lowest BCUT2D eigenvalue weighted by Crippen LogP contribution is -2.21. The molecule has 0 saturated carbocycles. The van der Waals surface area contributed by atoms with Gasteiger partial charge in [0.15, 0.2) is 11.5 Å². The quantitative estimate of drug-likeness (QED) is 0.415. The van der Waals surface area contributed by atoms with E-state index in [0.717, 1.165) is 5.69 Å². The van der Waals surface area contributed by atoms with Crippen molar-refractivity contribution in [3.05, 3.63) is 94.7 Å². The summed E-state index contributed by atoms with van der Waals surface area (Å²) in [6, 6.07) is 17.9. The van der Waals surface area contributed by atoms with Gasteiger partial charge < -0.3 is 14.2 Å². The summed E-state index contributed by atoms with van der Waals surface area (Å²) in [7, 11) is 2.99. The van der Waals surface area contributed by atoms with E-state index in [1.54, 1.807) is 30.5 Å². The van der Waals surface area contributed by atoms with E-state index in [0.29, 0.717) is 34.4 Å². The third kappa shape index (κ3) is 4.18. The number of methoxy groups -OCH3 is 2. The van der Waals surface area contributed by atoms with Crippen molar-refractivity contribution in [1.82, 2.24) is 9.55 Å². The summed E-state index contributed by atoms with van der Waals surface area (Å²) in [4.78, 5) is 30.6. The highest BCUT2D eigenvalue weighted by molar-refractivity contribution is 6.05. The SMILES string of the molecule is COc1cc2c(C(=O)OCCc3ccccn3)cn(-c3ccccc3)c(=O)c2cc1OC. The lowest BCUT2D eigenvalue weighted by Gasteiger charge is -2.15. The fourth-order valence-corrected chi connectivity index (χ4v) is 3.48. The van der Waals surface area contributed by atoms with Crippen LogP contribution in [0.4, 0.5) is 0 Å². The molecule has 32 heavy (non-hydrogen) atoms. The third-order valence-electron chi connectivity index (χ3n) is 5.09. The van der Waals surface area contributed by atoms with Crippen LogP contribution in [0.1, 0.15) is 16.1 Å². The normalized spacial score (nSPS) is 10.7. The molecule has 0 radical (unpaired) electrons. The fourth-order valence-electron chi connectivity index (χ4n) is 3.48. The van der Waals surface area contributed by atoms with E-state index < -0.39 is 5.97 Å². The Morgan fingerprint density at radius 1 is 0.938 bits per heavy atom. The lowest BCUT2D eigenvalue weighted by atomic mass is 10.1. The minimum Gasteiger partial charge on any atom is -0.493 e. The Morgan fingerprint density at radius 3 is 2.28 bits per heavy atom. The highest BCUT2D eigenvalue weighted by Crippen LogP contribution is 2.33. The summed E-state index contributed by atoms with van der Waals surface area (Å²) in [5.74, 6) is 0.277. The van der Waals surface area contributed by atoms with Crippen LogP contribution in [0.3, 0.4) is 0 Å². The fraction of sp³-hybridized carbons (Fsp3) is 0.160. The van der Waals surface area contributed by atoms with E-state index in [9.17, 15) is 9.59 Å².